The number of benzene rings is 1. The van der Waals surface area contributed by atoms with Crippen LogP contribution in [0.4, 0.5) is 0 Å². The number of carbonyl (C=O) groups is 1. The third kappa shape index (κ3) is 3.78. The van der Waals surface area contributed by atoms with Gasteiger partial charge in [-0.05, 0) is 44.0 Å². The van der Waals surface area contributed by atoms with Gasteiger partial charge in [-0.1, -0.05) is 12.1 Å². The van der Waals surface area contributed by atoms with E-state index in [1.165, 1.54) is 0 Å². The van der Waals surface area contributed by atoms with Crippen molar-refractivity contribution in [2.45, 2.75) is 32.4 Å². The predicted molar refractivity (Wildman–Crippen MR) is 99.5 cm³/mol. The van der Waals surface area contributed by atoms with Gasteiger partial charge in [-0.3, -0.25) is 9.59 Å². The third-order valence-corrected chi connectivity index (χ3v) is 4.69. The number of hydrogen-bond donors (Lipinski definition) is 1. The zero-order chi connectivity index (χ0) is 18.8. The van der Waals surface area contributed by atoms with Gasteiger partial charge in [-0.15, -0.1) is 0 Å². The number of aromatic amines is 1. The maximum absolute atomic E-state index is 13.0. The molecule has 7 nitrogen and oxygen atoms in total. The number of rotatable bonds is 5. The van der Waals surface area contributed by atoms with E-state index in [-0.39, 0.29) is 29.9 Å². The molecule has 3 heterocycles. The van der Waals surface area contributed by atoms with Gasteiger partial charge in [0.05, 0.1) is 23.6 Å². The Labute approximate surface area is 156 Å². The van der Waals surface area contributed by atoms with Crippen LogP contribution in [0.5, 0.6) is 0 Å². The van der Waals surface area contributed by atoms with E-state index >= 15 is 0 Å². The summed E-state index contributed by atoms with van der Waals surface area (Å²) >= 11 is 0. The molecule has 1 aliphatic rings. The molecule has 0 radical (unpaired) electrons. The lowest BCUT2D eigenvalue weighted by molar-refractivity contribution is 0.0477. The van der Waals surface area contributed by atoms with Gasteiger partial charge in [0.2, 0.25) is 0 Å². The summed E-state index contributed by atoms with van der Waals surface area (Å²) in [5.41, 5.74) is 0.392. The monoisotopic (exact) mass is 367 g/mol. The number of carbonyl (C=O) groups excluding carboxylic acids is 1. The van der Waals surface area contributed by atoms with Crippen LogP contribution in [-0.2, 0) is 11.3 Å². The van der Waals surface area contributed by atoms with Gasteiger partial charge in [0.15, 0.2) is 5.76 Å². The lowest BCUT2D eigenvalue weighted by Crippen LogP contribution is -2.37. The molecule has 3 aromatic rings. The number of aromatic nitrogens is 2. The Kier molecular flexibility index (Phi) is 4.77. The summed E-state index contributed by atoms with van der Waals surface area (Å²) in [5.74, 6) is 1.14. The minimum Gasteiger partial charge on any atom is -0.456 e. The first-order chi connectivity index (χ1) is 13.1. The summed E-state index contributed by atoms with van der Waals surface area (Å²) < 4.78 is 11.2. The van der Waals surface area contributed by atoms with Crippen LogP contribution in [0, 0.1) is 6.92 Å². The van der Waals surface area contributed by atoms with Crippen molar-refractivity contribution >= 4 is 16.8 Å². The van der Waals surface area contributed by atoms with Crippen molar-refractivity contribution in [2.75, 3.05) is 13.2 Å². The van der Waals surface area contributed by atoms with Crippen molar-refractivity contribution < 1.29 is 13.9 Å². The van der Waals surface area contributed by atoms with E-state index in [0.29, 0.717) is 35.6 Å². The summed E-state index contributed by atoms with van der Waals surface area (Å²) in [5, 5.41) is 0.528. The van der Waals surface area contributed by atoms with Crippen LogP contribution in [0.1, 0.15) is 35.0 Å². The number of fused-ring (bicyclic) bond motifs is 1. The number of amides is 1. The average Bonchev–Trinajstić information content (AvgIpc) is 3.32. The molecule has 1 N–H and O–H groups in total. The Morgan fingerprint density at radius 1 is 1.30 bits per heavy atom. The molecule has 0 aliphatic carbocycles. The first-order valence-electron chi connectivity index (χ1n) is 9.05. The van der Waals surface area contributed by atoms with E-state index in [1.807, 2.05) is 6.07 Å². The SMILES string of the molecule is Cc1ccc(C(=O)N(Cc2nc3ccccc3c(=O)[nH]2)CC2CCCO2)o1. The molecule has 1 atom stereocenters. The van der Waals surface area contributed by atoms with Crippen LogP contribution in [0.2, 0.25) is 0 Å². The second-order valence-electron chi connectivity index (χ2n) is 6.76. The average molecular weight is 367 g/mol. The minimum atomic E-state index is -0.241. The second-order valence-corrected chi connectivity index (χ2v) is 6.76. The fraction of sp³-hybridized carbons (Fsp3) is 0.350. The quantitative estimate of drug-likeness (QED) is 0.749. The highest BCUT2D eigenvalue weighted by atomic mass is 16.5. The normalized spacial score (nSPS) is 16.7. The molecule has 1 fully saturated rings. The molecule has 0 bridgehead atoms. The number of H-pyrrole nitrogens is 1. The Balaban J connectivity index is 1.63. The van der Waals surface area contributed by atoms with Gasteiger partial charge >= 0.3 is 0 Å². The van der Waals surface area contributed by atoms with E-state index in [9.17, 15) is 9.59 Å². The lowest BCUT2D eigenvalue weighted by atomic mass is 10.2. The van der Waals surface area contributed by atoms with E-state index in [0.717, 1.165) is 12.8 Å². The summed E-state index contributed by atoms with van der Waals surface area (Å²) in [7, 11) is 0. The van der Waals surface area contributed by atoms with Crippen molar-refractivity contribution in [2.24, 2.45) is 0 Å². The van der Waals surface area contributed by atoms with Gasteiger partial charge < -0.3 is 19.0 Å². The zero-order valence-corrected chi connectivity index (χ0v) is 15.1. The fourth-order valence-corrected chi connectivity index (χ4v) is 3.35. The smallest absolute Gasteiger partial charge is 0.290 e. The molecule has 0 spiro atoms. The maximum Gasteiger partial charge on any atom is 0.290 e. The van der Waals surface area contributed by atoms with Crippen LogP contribution in [-0.4, -0.2) is 40.0 Å². The van der Waals surface area contributed by atoms with Crippen LogP contribution < -0.4 is 5.56 Å². The minimum absolute atomic E-state index is 0.0165. The highest BCUT2D eigenvalue weighted by molar-refractivity contribution is 5.91. The molecule has 2 aromatic heterocycles. The lowest BCUT2D eigenvalue weighted by Gasteiger charge is -2.24. The summed E-state index contributed by atoms with van der Waals surface area (Å²) in [6.07, 6.45) is 1.87. The second kappa shape index (κ2) is 7.36. The molecule has 1 aromatic carbocycles. The van der Waals surface area contributed by atoms with E-state index in [2.05, 4.69) is 9.97 Å². The van der Waals surface area contributed by atoms with Crippen LogP contribution in [0.25, 0.3) is 10.9 Å². The van der Waals surface area contributed by atoms with Gasteiger partial charge in [0.1, 0.15) is 11.6 Å². The Morgan fingerprint density at radius 2 is 2.15 bits per heavy atom. The summed E-state index contributed by atoms with van der Waals surface area (Å²) in [6, 6.07) is 10.6. The Morgan fingerprint density at radius 3 is 2.89 bits per heavy atom. The topological polar surface area (TPSA) is 88.4 Å². The van der Waals surface area contributed by atoms with Gasteiger partial charge in [-0.25, -0.2) is 4.98 Å². The van der Waals surface area contributed by atoms with E-state index in [1.54, 1.807) is 42.2 Å². The molecule has 140 valence electrons. The summed E-state index contributed by atoms with van der Waals surface area (Å²) in [6.45, 7) is 3.11. The first-order valence-corrected chi connectivity index (χ1v) is 9.05. The molecule has 1 aliphatic heterocycles. The highest BCUT2D eigenvalue weighted by Gasteiger charge is 2.26. The fourth-order valence-electron chi connectivity index (χ4n) is 3.35. The number of para-hydroxylation sites is 1. The molecule has 1 saturated heterocycles. The molecular formula is C20H21N3O4. The zero-order valence-electron chi connectivity index (χ0n) is 15.1. The first kappa shape index (κ1) is 17.5. The van der Waals surface area contributed by atoms with Crippen molar-refractivity contribution in [1.82, 2.24) is 14.9 Å². The standard InChI is InChI=1S/C20H21N3O4/c1-13-8-9-17(27-13)20(25)23(11-14-5-4-10-26-14)12-18-21-16-7-3-2-6-15(16)19(24)22-18/h2-3,6-9,14H,4-5,10-12H2,1H3,(H,21,22,24). The van der Waals surface area contributed by atoms with Crippen molar-refractivity contribution in [1.29, 1.82) is 0 Å². The Hall–Kier alpha value is -2.93. The number of nitrogens with one attached hydrogen (secondary N) is 1. The van der Waals surface area contributed by atoms with Crippen LogP contribution in [0.3, 0.4) is 0 Å². The molecule has 7 heteroatoms. The Bertz CT molecular complexity index is 1020. The number of nitrogens with zero attached hydrogens (tertiary/aromatic N) is 2. The van der Waals surface area contributed by atoms with Gasteiger partial charge in [-0.2, -0.15) is 0 Å². The molecule has 0 saturated carbocycles. The molecule has 1 unspecified atom stereocenters. The van der Waals surface area contributed by atoms with Gasteiger partial charge in [0, 0.05) is 13.2 Å². The number of furan rings is 1. The van der Waals surface area contributed by atoms with Crippen molar-refractivity contribution in [3.63, 3.8) is 0 Å². The van der Waals surface area contributed by atoms with Crippen LogP contribution >= 0.6 is 0 Å². The largest absolute Gasteiger partial charge is 0.456 e. The molecule has 27 heavy (non-hydrogen) atoms. The van der Waals surface area contributed by atoms with Crippen molar-refractivity contribution in [3.05, 3.63) is 64.1 Å². The van der Waals surface area contributed by atoms with Crippen LogP contribution in [0.15, 0.2) is 45.6 Å². The van der Waals surface area contributed by atoms with Crippen molar-refractivity contribution in [3.8, 4) is 0 Å². The third-order valence-electron chi connectivity index (χ3n) is 4.69. The highest BCUT2D eigenvalue weighted by Crippen LogP contribution is 2.18. The van der Waals surface area contributed by atoms with E-state index in [4.69, 9.17) is 9.15 Å². The van der Waals surface area contributed by atoms with E-state index < -0.39 is 0 Å². The predicted octanol–water partition coefficient (Wildman–Crippen LogP) is 2.65. The van der Waals surface area contributed by atoms with Gasteiger partial charge in [0.25, 0.3) is 11.5 Å². The number of hydrogen-bond acceptors (Lipinski definition) is 5. The number of ether oxygens (including phenoxy) is 1. The number of aryl methyl sites for hydroxylation is 1. The summed E-state index contributed by atoms with van der Waals surface area (Å²) in [4.78, 5) is 34.2. The molecule has 4 rings (SSSR count). The molecular weight excluding hydrogens is 346 g/mol. The molecule has 1 amide bonds. The maximum atomic E-state index is 13.0.